The molecule has 0 aromatic carbocycles. The van der Waals surface area contributed by atoms with Crippen LogP contribution in [0.25, 0.3) is 0 Å². The number of hydrogen-bond acceptors (Lipinski definition) is 12. The first-order valence-corrected chi connectivity index (χ1v) is 19.9. The molecule has 4 aliphatic carbocycles. The monoisotopic (exact) mass is 738 g/mol. The van der Waals surface area contributed by atoms with Crippen molar-refractivity contribution in [3.63, 3.8) is 0 Å². The molecule has 12 heteroatoms. The Morgan fingerprint density at radius 2 is 1.44 bits per heavy atom. The fraction of sp³-hybridized carbons (Fsp3) is 0.900. The van der Waals surface area contributed by atoms with Gasteiger partial charge in [0.15, 0.2) is 12.6 Å². The summed E-state index contributed by atoms with van der Waals surface area (Å²) in [7, 11) is 0. The molecule has 8 N–H and O–H groups in total. The second-order valence-electron chi connectivity index (χ2n) is 18.0. The van der Waals surface area contributed by atoms with Crippen LogP contribution in [0.4, 0.5) is 0 Å². The van der Waals surface area contributed by atoms with E-state index < -0.39 is 74.6 Å². The zero-order valence-corrected chi connectivity index (χ0v) is 31.9. The van der Waals surface area contributed by atoms with Gasteiger partial charge in [-0.2, -0.15) is 0 Å². The normalized spacial score (nSPS) is 47.8. The molecule has 12 nitrogen and oxygen atoms in total. The van der Waals surface area contributed by atoms with Crippen LogP contribution in [0.3, 0.4) is 0 Å². The molecule has 0 amide bonds. The van der Waals surface area contributed by atoms with Gasteiger partial charge in [-0.15, -0.1) is 0 Å². The van der Waals surface area contributed by atoms with E-state index in [0.29, 0.717) is 30.1 Å². The molecule has 2 heterocycles. The van der Waals surface area contributed by atoms with Gasteiger partial charge in [0.05, 0.1) is 25.4 Å². The van der Waals surface area contributed by atoms with Crippen LogP contribution in [0.15, 0.2) is 22.8 Å². The minimum atomic E-state index is -1.72. The molecule has 18 atom stereocenters. The standard InChI is InChI=1S/C40H66O12/c1-19(2)15-22(43)16-20(3)24-9-10-26-23-7-8-25-21(4)28(12-14-40(25,6)27(23)11-13-39(24,26)5)49-38-36(34(47)32(45)30(18-42)51-38)52-37-35(48)33(46)31(44)29(17-41)50-37/h10,19-22,24-25,28-38,41-48H,7-9,11-18H2,1-6H3/t20-,21?,22?,24-,25?,28?,29-,30+,31+,32-,33+,34+,35-,36-,37+,38-,39-,40+/m1/s1. The van der Waals surface area contributed by atoms with Crippen molar-refractivity contribution in [2.24, 2.45) is 40.4 Å². The summed E-state index contributed by atoms with van der Waals surface area (Å²) >= 11 is 0. The zero-order valence-electron chi connectivity index (χ0n) is 31.9. The van der Waals surface area contributed by atoms with E-state index in [1.165, 1.54) is 0 Å². The maximum atomic E-state index is 11.2. The first kappa shape index (κ1) is 40.7. The molecule has 3 fully saturated rings. The molecule has 0 aromatic heterocycles. The van der Waals surface area contributed by atoms with Crippen molar-refractivity contribution >= 4 is 0 Å². The van der Waals surface area contributed by atoms with Crippen LogP contribution in [0.1, 0.15) is 99.3 Å². The Hall–Kier alpha value is -1.00. The average Bonchev–Trinajstić information content (AvgIpc) is 3.46. The van der Waals surface area contributed by atoms with Gasteiger partial charge in [0, 0.05) is 0 Å². The summed E-state index contributed by atoms with van der Waals surface area (Å²) in [6, 6.07) is 0. The molecule has 0 radical (unpaired) electrons. The Labute approximate surface area is 308 Å². The number of hydrogen-bond donors (Lipinski definition) is 8. The van der Waals surface area contributed by atoms with E-state index >= 15 is 0 Å². The zero-order chi connectivity index (χ0) is 37.9. The molecule has 0 bridgehead atoms. The Bertz CT molecular complexity index is 1300. The molecule has 4 unspecified atom stereocenters. The minimum Gasteiger partial charge on any atom is -0.394 e. The smallest absolute Gasteiger partial charge is 0.187 e. The van der Waals surface area contributed by atoms with Crippen LogP contribution in [0, 0.1) is 40.4 Å². The van der Waals surface area contributed by atoms with E-state index in [0.717, 1.165) is 51.4 Å². The lowest BCUT2D eigenvalue weighted by molar-refractivity contribution is -0.374. The fourth-order valence-electron chi connectivity index (χ4n) is 11.4. The van der Waals surface area contributed by atoms with Crippen LogP contribution in [-0.2, 0) is 18.9 Å². The molecular formula is C40H66O12. The highest BCUT2D eigenvalue weighted by atomic mass is 16.8. The third-order valence-corrected chi connectivity index (χ3v) is 14.3. The highest BCUT2D eigenvalue weighted by Crippen LogP contribution is 2.65. The van der Waals surface area contributed by atoms with E-state index in [-0.39, 0.29) is 29.0 Å². The van der Waals surface area contributed by atoms with Crippen LogP contribution < -0.4 is 0 Å². The van der Waals surface area contributed by atoms with Gasteiger partial charge < -0.3 is 59.8 Å². The van der Waals surface area contributed by atoms with E-state index in [1.807, 2.05) is 0 Å². The van der Waals surface area contributed by atoms with Crippen molar-refractivity contribution in [1.82, 2.24) is 0 Å². The van der Waals surface area contributed by atoms with E-state index in [9.17, 15) is 40.9 Å². The first-order chi connectivity index (χ1) is 24.5. The topological polar surface area (TPSA) is 199 Å². The summed E-state index contributed by atoms with van der Waals surface area (Å²) in [5.74, 6) is 1.87. The summed E-state index contributed by atoms with van der Waals surface area (Å²) in [5.41, 5.74) is 4.80. The first-order valence-electron chi connectivity index (χ1n) is 19.9. The summed E-state index contributed by atoms with van der Waals surface area (Å²) in [5, 5.41) is 83.6. The van der Waals surface area contributed by atoms with Crippen LogP contribution in [0.5, 0.6) is 0 Å². The molecule has 2 aliphatic heterocycles. The molecular weight excluding hydrogens is 672 g/mol. The minimum absolute atomic E-state index is 0.00478. The third kappa shape index (κ3) is 7.23. The molecule has 0 spiro atoms. The molecule has 1 saturated carbocycles. The van der Waals surface area contributed by atoms with Crippen molar-refractivity contribution in [3.8, 4) is 0 Å². The van der Waals surface area contributed by atoms with Gasteiger partial charge in [0.2, 0.25) is 0 Å². The SMILES string of the molecule is CC(C)CC(O)C[C@@H](C)[C@H]1CC=C2C3=C(CC[C@@]21C)[C@@]1(C)CCC(O[C@@H]2O[C@@H](CO)[C@@H](O)[C@H](O)[C@H]2O[C@@H]2O[C@H](CO)[C@H](O)[C@H](O)[C@H]2O)C(C)C1CC3. The predicted octanol–water partition coefficient (Wildman–Crippen LogP) is 2.32. The van der Waals surface area contributed by atoms with Gasteiger partial charge in [-0.25, -0.2) is 0 Å². The quantitative estimate of drug-likeness (QED) is 0.154. The Kier molecular flexibility index (Phi) is 12.4. The van der Waals surface area contributed by atoms with Crippen molar-refractivity contribution < 1.29 is 59.8 Å². The lowest BCUT2D eigenvalue weighted by Gasteiger charge is -2.57. The number of aliphatic hydroxyl groups excluding tert-OH is 8. The average molecular weight is 739 g/mol. The highest BCUT2D eigenvalue weighted by molar-refractivity contribution is 5.49. The Morgan fingerprint density at radius 1 is 0.788 bits per heavy atom. The van der Waals surface area contributed by atoms with Gasteiger partial charge >= 0.3 is 0 Å². The lowest BCUT2D eigenvalue weighted by Crippen LogP contribution is -2.65. The van der Waals surface area contributed by atoms with Gasteiger partial charge in [0.1, 0.15) is 48.8 Å². The summed E-state index contributed by atoms with van der Waals surface area (Å²) < 4.78 is 24.1. The number of aliphatic hydroxyl groups is 8. The van der Waals surface area contributed by atoms with E-state index in [1.54, 1.807) is 16.7 Å². The van der Waals surface area contributed by atoms with Crippen molar-refractivity contribution in [3.05, 3.63) is 22.8 Å². The number of allylic oxidation sites excluding steroid dienone is 4. The second-order valence-corrected chi connectivity index (χ2v) is 18.0. The largest absolute Gasteiger partial charge is 0.394 e. The molecule has 0 aromatic rings. The summed E-state index contributed by atoms with van der Waals surface area (Å²) in [4.78, 5) is 0. The Morgan fingerprint density at radius 3 is 2.10 bits per heavy atom. The van der Waals surface area contributed by atoms with Crippen LogP contribution in [0.2, 0.25) is 0 Å². The van der Waals surface area contributed by atoms with Gasteiger partial charge in [0.25, 0.3) is 0 Å². The van der Waals surface area contributed by atoms with Gasteiger partial charge in [-0.3, -0.25) is 0 Å². The fourth-order valence-corrected chi connectivity index (χ4v) is 11.4. The van der Waals surface area contributed by atoms with Gasteiger partial charge in [-0.1, -0.05) is 53.2 Å². The number of rotatable bonds is 11. The molecule has 52 heavy (non-hydrogen) atoms. The maximum Gasteiger partial charge on any atom is 0.187 e. The number of ether oxygens (including phenoxy) is 4. The molecule has 2 saturated heterocycles. The van der Waals surface area contributed by atoms with Gasteiger partial charge in [-0.05, 0) is 109 Å². The van der Waals surface area contributed by atoms with Crippen LogP contribution in [-0.4, -0.2) is 128 Å². The van der Waals surface area contributed by atoms with Crippen molar-refractivity contribution in [1.29, 1.82) is 0 Å². The Balaban J connectivity index is 1.17. The number of fused-ring (bicyclic) bond motifs is 4. The van der Waals surface area contributed by atoms with Crippen molar-refractivity contribution in [2.75, 3.05) is 13.2 Å². The second kappa shape index (κ2) is 15.9. The van der Waals surface area contributed by atoms with Crippen molar-refractivity contribution in [2.45, 2.75) is 173 Å². The third-order valence-electron chi connectivity index (χ3n) is 14.3. The van der Waals surface area contributed by atoms with E-state index in [4.69, 9.17) is 18.9 Å². The maximum absolute atomic E-state index is 11.2. The lowest BCUT2D eigenvalue weighted by atomic mass is 9.49. The molecule has 6 aliphatic rings. The summed E-state index contributed by atoms with van der Waals surface area (Å²) in [6.45, 7) is 12.5. The predicted molar refractivity (Wildman–Crippen MR) is 190 cm³/mol. The van der Waals surface area contributed by atoms with Crippen LogP contribution >= 0.6 is 0 Å². The van der Waals surface area contributed by atoms with E-state index in [2.05, 4.69) is 47.6 Å². The highest BCUT2D eigenvalue weighted by Gasteiger charge is 2.57. The summed E-state index contributed by atoms with van der Waals surface area (Å²) in [6.07, 6.45) is -4.22. The molecule has 298 valence electrons. The molecule has 6 rings (SSSR count).